The van der Waals surface area contributed by atoms with Crippen LogP contribution in [0, 0.1) is 0 Å². The summed E-state index contributed by atoms with van der Waals surface area (Å²) in [5, 5.41) is 8.51. The second-order valence-electron chi connectivity index (χ2n) is 7.90. The molecule has 27 heavy (non-hydrogen) atoms. The van der Waals surface area contributed by atoms with Crippen molar-refractivity contribution in [1.82, 2.24) is 19.9 Å². The minimum atomic E-state index is 0.0940. The fourth-order valence-electron chi connectivity index (χ4n) is 3.98. The highest BCUT2D eigenvalue weighted by Crippen LogP contribution is 2.39. The smallest absolute Gasteiger partial charge is 0.254 e. The van der Waals surface area contributed by atoms with E-state index in [-0.39, 0.29) is 11.9 Å². The molecule has 0 radical (unpaired) electrons. The molecule has 3 heterocycles. The topological polar surface area (TPSA) is 63.5 Å². The van der Waals surface area contributed by atoms with Crippen LogP contribution in [0.3, 0.4) is 0 Å². The highest BCUT2D eigenvalue weighted by molar-refractivity contribution is 5.95. The highest BCUT2D eigenvalue weighted by atomic mass is 16.5. The van der Waals surface area contributed by atoms with Gasteiger partial charge in [-0.05, 0) is 43.5 Å². The molecule has 2 saturated heterocycles. The zero-order chi connectivity index (χ0) is 18.4. The first-order valence-electron chi connectivity index (χ1n) is 9.80. The summed E-state index contributed by atoms with van der Waals surface area (Å²) in [5.41, 5.74) is 3.01. The molecule has 0 spiro atoms. The number of carbonyl (C=O) groups excluding carboxylic acids is 1. The Bertz CT molecular complexity index is 823. The van der Waals surface area contributed by atoms with Crippen molar-refractivity contribution in [2.75, 3.05) is 38.2 Å². The van der Waals surface area contributed by atoms with Crippen molar-refractivity contribution < 1.29 is 9.53 Å². The summed E-state index contributed by atoms with van der Waals surface area (Å²) in [7, 11) is 1.77. The van der Waals surface area contributed by atoms with Crippen LogP contribution < -0.4 is 4.90 Å². The fraction of sp³-hybridized carbons (Fsp3) is 0.550. The number of methoxy groups -OCH3 is 1. The average Bonchev–Trinajstić information content (AvgIpc) is 3.20. The number of aromatic nitrogens is 3. The number of hydrogen-bond acceptors (Lipinski definition) is 5. The third-order valence-corrected chi connectivity index (χ3v) is 6.00. The lowest BCUT2D eigenvalue weighted by Gasteiger charge is -2.38. The molecular formula is C20H25N5O2. The molecule has 3 fully saturated rings. The van der Waals surface area contributed by atoms with Gasteiger partial charge in [-0.2, -0.15) is 0 Å². The SMILES string of the molecule is COC1CCN(c2ccc(C(=O)N3CC(n4cc(C5CC5)nn4)C3)cc2)C1. The van der Waals surface area contributed by atoms with Crippen molar-refractivity contribution in [3.05, 3.63) is 41.7 Å². The predicted molar refractivity (Wildman–Crippen MR) is 101 cm³/mol. The van der Waals surface area contributed by atoms with Crippen LogP contribution in [-0.2, 0) is 4.74 Å². The van der Waals surface area contributed by atoms with Gasteiger partial charge in [0, 0.05) is 56.7 Å². The molecule has 7 nitrogen and oxygen atoms in total. The van der Waals surface area contributed by atoms with Crippen LogP contribution in [0.15, 0.2) is 30.5 Å². The summed E-state index contributed by atoms with van der Waals surface area (Å²) >= 11 is 0. The molecule has 142 valence electrons. The molecule has 1 aliphatic carbocycles. The van der Waals surface area contributed by atoms with Gasteiger partial charge in [-0.15, -0.1) is 5.10 Å². The molecule has 1 amide bonds. The van der Waals surface area contributed by atoms with Crippen molar-refractivity contribution in [1.29, 1.82) is 0 Å². The van der Waals surface area contributed by atoms with Gasteiger partial charge in [-0.25, -0.2) is 4.68 Å². The lowest BCUT2D eigenvalue weighted by molar-refractivity contribution is 0.0498. The molecule has 1 atom stereocenters. The number of carbonyl (C=O) groups is 1. The first kappa shape index (κ1) is 16.7. The van der Waals surface area contributed by atoms with Crippen LogP contribution in [-0.4, -0.2) is 65.2 Å². The summed E-state index contributed by atoms with van der Waals surface area (Å²) in [5.74, 6) is 0.710. The maximum atomic E-state index is 12.7. The number of hydrogen-bond donors (Lipinski definition) is 0. The number of ether oxygens (including phenoxy) is 1. The first-order chi connectivity index (χ1) is 13.2. The number of amides is 1. The fourth-order valence-corrected chi connectivity index (χ4v) is 3.98. The minimum Gasteiger partial charge on any atom is -0.380 e. The quantitative estimate of drug-likeness (QED) is 0.810. The van der Waals surface area contributed by atoms with Crippen molar-refractivity contribution >= 4 is 11.6 Å². The molecule has 5 rings (SSSR count). The second-order valence-corrected chi connectivity index (χ2v) is 7.90. The number of benzene rings is 1. The molecule has 2 aliphatic heterocycles. The van der Waals surface area contributed by atoms with Gasteiger partial charge in [0.2, 0.25) is 0 Å². The van der Waals surface area contributed by atoms with Gasteiger partial charge in [-0.3, -0.25) is 4.79 Å². The monoisotopic (exact) mass is 367 g/mol. The van der Waals surface area contributed by atoms with Gasteiger partial charge in [0.15, 0.2) is 0 Å². The average molecular weight is 367 g/mol. The van der Waals surface area contributed by atoms with E-state index in [0.29, 0.717) is 25.1 Å². The van der Waals surface area contributed by atoms with Gasteiger partial charge in [0.1, 0.15) is 0 Å². The van der Waals surface area contributed by atoms with E-state index in [1.165, 1.54) is 12.8 Å². The van der Waals surface area contributed by atoms with Crippen LogP contribution in [0.25, 0.3) is 0 Å². The molecule has 1 unspecified atom stereocenters. The lowest BCUT2D eigenvalue weighted by Crippen LogP contribution is -2.50. The third-order valence-electron chi connectivity index (χ3n) is 6.00. The summed E-state index contributed by atoms with van der Waals surface area (Å²) < 4.78 is 7.36. The van der Waals surface area contributed by atoms with Crippen molar-refractivity contribution in [2.24, 2.45) is 0 Å². The Morgan fingerprint density at radius 2 is 1.89 bits per heavy atom. The maximum Gasteiger partial charge on any atom is 0.254 e. The third kappa shape index (κ3) is 3.20. The van der Waals surface area contributed by atoms with Crippen LogP contribution >= 0.6 is 0 Å². The zero-order valence-electron chi connectivity index (χ0n) is 15.6. The van der Waals surface area contributed by atoms with Crippen molar-refractivity contribution in [2.45, 2.75) is 37.3 Å². The normalized spacial score (nSPS) is 22.9. The molecule has 3 aliphatic rings. The van der Waals surface area contributed by atoms with E-state index < -0.39 is 0 Å². The number of anilines is 1. The number of nitrogens with zero attached hydrogens (tertiary/aromatic N) is 5. The number of likely N-dealkylation sites (tertiary alicyclic amines) is 1. The summed E-state index contributed by atoms with van der Waals surface area (Å²) in [6.07, 6.45) is 5.88. The molecular weight excluding hydrogens is 342 g/mol. The number of rotatable bonds is 5. The van der Waals surface area contributed by atoms with Crippen molar-refractivity contribution in [3.63, 3.8) is 0 Å². The van der Waals surface area contributed by atoms with E-state index in [0.717, 1.165) is 36.5 Å². The predicted octanol–water partition coefficient (Wildman–Crippen LogP) is 2.08. The highest BCUT2D eigenvalue weighted by Gasteiger charge is 2.35. The van der Waals surface area contributed by atoms with E-state index in [9.17, 15) is 4.79 Å². The molecule has 1 saturated carbocycles. The Balaban J connectivity index is 1.18. The lowest BCUT2D eigenvalue weighted by atomic mass is 10.1. The molecule has 0 N–H and O–H groups in total. The van der Waals surface area contributed by atoms with Crippen LogP contribution in [0.1, 0.15) is 47.3 Å². The molecule has 2 aromatic rings. The molecule has 7 heteroatoms. The minimum absolute atomic E-state index is 0.0940. The maximum absolute atomic E-state index is 12.7. The van der Waals surface area contributed by atoms with Crippen LogP contribution in [0.4, 0.5) is 5.69 Å². The second kappa shape index (κ2) is 6.64. The van der Waals surface area contributed by atoms with E-state index >= 15 is 0 Å². The largest absolute Gasteiger partial charge is 0.380 e. The van der Waals surface area contributed by atoms with Gasteiger partial charge in [-0.1, -0.05) is 5.21 Å². The Morgan fingerprint density at radius 3 is 2.56 bits per heavy atom. The Morgan fingerprint density at radius 1 is 1.11 bits per heavy atom. The molecule has 0 bridgehead atoms. The zero-order valence-corrected chi connectivity index (χ0v) is 15.6. The standard InChI is InChI=1S/C20H25N5O2/c1-27-18-8-9-23(12-18)16-6-4-15(5-7-16)20(26)24-10-17(11-24)25-13-19(21-22-25)14-2-3-14/h4-7,13-14,17-18H,2-3,8-12H2,1H3. The van der Waals surface area contributed by atoms with E-state index in [1.54, 1.807) is 7.11 Å². The summed E-state index contributed by atoms with van der Waals surface area (Å²) in [4.78, 5) is 16.9. The Hall–Kier alpha value is -2.41. The van der Waals surface area contributed by atoms with E-state index in [1.807, 2.05) is 33.8 Å². The first-order valence-corrected chi connectivity index (χ1v) is 9.80. The Labute approximate surface area is 158 Å². The molecule has 1 aromatic heterocycles. The summed E-state index contributed by atoms with van der Waals surface area (Å²) in [6, 6.07) is 8.21. The Kier molecular flexibility index (Phi) is 4.11. The van der Waals surface area contributed by atoms with E-state index in [4.69, 9.17) is 4.74 Å². The van der Waals surface area contributed by atoms with E-state index in [2.05, 4.69) is 21.4 Å². The van der Waals surface area contributed by atoms with Gasteiger partial charge in [0.25, 0.3) is 5.91 Å². The van der Waals surface area contributed by atoms with Gasteiger partial charge in [0.05, 0.1) is 17.8 Å². The van der Waals surface area contributed by atoms with Gasteiger partial charge >= 0.3 is 0 Å². The van der Waals surface area contributed by atoms with Gasteiger partial charge < -0.3 is 14.5 Å². The van der Waals surface area contributed by atoms with Crippen LogP contribution in [0.2, 0.25) is 0 Å². The molecule has 1 aromatic carbocycles. The van der Waals surface area contributed by atoms with Crippen LogP contribution in [0.5, 0.6) is 0 Å². The van der Waals surface area contributed by atoms with Crippen molar-refractivity contribution in [3.8, 4) is 0 Å². The summed E-state index contributed by atoms with van der Waals surface area (Å²) in [6.45, 7) is 3.32.